The molecule has 0 unspecified atom stereocenters. The normalized spacial score (nSPS) is 28.1. The van der Waals surface area contributed by atoms with Crippen LogP contribution in [0.3, 0.4) is 0 Å². The minimum atomic E-state index is -0.555. The zero-order valence-corrected chi connectivity index (χ0v) is 10.4. The number of ether oxygens (including phenoxy) is 1. The van der Waals surface area contributed by atoms with Crippen LogP contribution in [0.15, 0.2) is 11.8 Å². The van der Waals surface area contributed by atoms with Gasteiger partial charge in [0.05, 0.1) is 6.04 Å². The fraction of sp³-hybridized carbons (Fsp3) is 0.667. The molecular weight excluding hydrogens is 220 g/mol. The maximum atomic E-state index is 11.9. The first-order valence-electron chi connectivity index (χ1n) is 5.83. The standard InChI is InChI=1S/C12H18N2O3/c1-12(2,3)17-11(16)8-6-4-5-7-9(13)10(15)14(7)8/h6-7,9H,4-5,13H2,1-3H3/t7-,9-/m0/s1. The smallest absolute Gasteiger partial charge is 0.355 e. The van der Waals surface area contributed by atoms with E-state index >= 15 is 0 Å². The van der Waals surface area contributed by atoms with Crippen molar-refractivity contribution >= 4 is 11.9 Å². The fourth-order valence-electron chi connectivity index (χ4n) is 2.17. The van der Waals surface area contributed by atoms with Crippen LogP contribution >= 0.6 is 0 Å². The molecule has 2 rings (SSSR count). The van der Waals surface area contributed by atoms with Gasteiger partial charge in [0.25, 0.3) is 0 Å². The van der Waals surface area contributed by atoms with Crippen molar-refractivity contribution in [1.82, 2.24) is 4.90 Å². The summed E-state index contributed by atoms with van der Waals surface area (Å²) >= 11 is 0. The number of allylic oxidation sites excluding steroid dienone is 1. The van der Waals surface area contributed by atoms with Crippen molar-refractivity contribution in [3.8, 4) is 0 Å². The summed E-state index contributed by atoms with van der Waals surface area (Å²) in [6, 6.07) is -0.490. The van der Waals surface area contributed by atoms with E-state index in [4.69, 9.17) is 10.5 Å². The average molecular weight is 238 g/mol. The molecule has 5 heteroatoms. The van der Waals surface area contributed by atoms with Gasteiger partial charge in [-0.25, -0.2) is 4.79 Å². The molecule has 0 bridgehead atoms. The average Bonchev–Trinajstić information content (AvgIpc) is 2.24. The Morgan fingerprint density at radius 1 is 1.53 bits per heavy atom. The van der Waals surface area contributed by atoms with Crippen LogP contribution in [0.1, 0.15) is 33.6 Å². The number of fused-ring (bicyclic) bond motifs is 1. The first kappa shape index (κ1) is 12.1. The van der Waals surface area contributed by atoms with Crippen LogP contribution in [0.4, 0.5) is 0 Å². The van der Waals surface area contributed by atoms with Crippen molar-refractivity contribution in [3.05, 3.63) is 11.8 Å². The van der Waals surface area contributed by atoms with E-state index < -0.39 is 17.6 Å². The lowest BCUT2D eigenvalue weighted by Gasteiger charge is -2.47. The molecule has 2 heterocycles. The van der Waals surface area contributed by atoms with Gasteiger partial charge in [-0.1, -0.05) is 6.08 Å². The summed E-state index contributed by atoms with van der Waals surface area (Å²) in [7, 11) is 0. The minimum absolute atomic E-state index is 0.0324. The van der Waals surface area contributed by atoms with E-state index in [1.54, 1.807) is 26.8 Å². The summed E-state index contributed by atoms with van der Waals surface area (Å²) in [6.07, 6.45) is 3.34. The summed E-state index contributed by atoms with van der Waals surface area (Å²) in [5.74, 6) is -0.630. The van der Waals surface area contributed by atoms with Crippen LogP contribution < -0.4 is 5.73 Å². The van der Waals surface area contributed by atoms with Crippen LogP contribution in [0, 0.1) is 0 Å². The van der Waals surface area contributed by atoms with E-state index in [1.165, 1.54) is 4.90 Å². The molecule has 94 valence electrons. The van der Waals surface area contributed by atoms with Gasteiger partial charge in [-0.15, -0.1) is 0 Å². The largest absolute Gasteiger partial charge is 0.455 e. The van der Waals surface area contributed by atoms with Gasteiger partial charge >= 0.3 is 5.97 Å². The Morgan fingerprint density at radius 3 is 2.76 bits per heavy atom. The van der Waals surface area contributed by atoms with Crippen molar-refractivity contribution < 1.29 is 14.3 Å². The predicted octanol–water partition coefficient (Wildman–Crippen LogP) is 0.544. The van der Waals surface area contributed by atoms with Crippen molar-refractivity contribution in [2.45, 2.75) is 51.3 Å². The second kappa shape index (κ2) is 3.84. The number of hydrogen-bond acceptors (Lipinski definition) is 4. The van der Waals surface area contributed by atoms with Gasteiger partial charge in [0, 0.05) is 0 Å². The number of rotatable bonds is 1. The molecule has 1 saturated heterocycles. The Morgan fingerprint density at radius 2 is 2.18 bits per heavy atom. The van der Waals surface area contributed by atoms with E-state index in [1.807, 2.05) is 0 Å². The third kappa shape index (κ3) is 2.07. The van der Waals surface area contributed by atoms with Gasteiger partial charge in [-0.2, -0.15) is 0 Å². The quantitative estimate of drug-likeness (QED) is 0.534. The number of nitrogens with zero attached hydrogens (tertiary/aromatic N) is 1. The molecule has 0 radical (unpaired) electrons. The number of nitrogens with two attached hydrogens (primary N) is 1. The maximum Gasteiger partial charge on any atom is 0.355 e. The summed E-state index contributed by atoms with van der Waals surface area (Å²) < 4.78 is 5.27. The summed E-state index contributed by atoms with van der Waals surface area (Å²) in [5.41, 5.74) is 5.49. The van der Waals surface area contributed by atoms with Gasteiger partial charge in [-0.05, 0) is 33.6 Å². The lowest BCUT2D eigenvalue weighted by atomic mass is 9.87. The van der Waals surface area contributed by atoms with Crippen LogP contribution in [-0.4, -0.2) is 34.5 Å². The molecule has 1 fully saturated rings. The highest BCUT2D eigenvalue weighted by molar-refractivity contribution is 6.00. The molecule has 2 atom stereocenters. The molecule has 17 heavy (non-hydrogen) atoms. The monoisotopic (exact) mass is 238 g/mol. The molecule has 2 aliphatic heterocycles. The molecule has 5 nitrogen and oxygen atoms in total. The highest BCUT2D eigenvalue weighted by atomic mass is 16.6. The van der Waals surface area contributed by atoms with Crippen molar-refractivity contribution in [2.24, 2.45) is 5.73 Å². The molecule has 2 aliphatic rings. The summed E-state index contributed by atoms with van der Waals surface area (Å²) in [5, 5.41) is 0. The highest BCUT2D eigenvalue weighted by Gasteiger charge is 2.49. The number of amides is 1. The fourth-order valence-corrected chi connectivity index (χ4v) is 2.17. The number of carbonyl (C=O) groups excluding carboxylic acids is 2. The van der Waals surface area contributed by atoms with E-state index in [-0.39, 0.29) is 11.9 Å². The number of hydrogen-bond donors (Lipinski definition) is 1. The van der Waals surface area contributed by atoms with Crippen LogP contribution in [0.2, 0.25) is 0 Å². The lowest BCUT2D eigenvalue weighted by molar-refractivity contribution is -0.160. The lowest BCUT2D eigenvalue weighted by Crippen LogP contribution is -2.69. The summed E-state index contributed by atoms with van der Waals surface area (Å²) in [6.45, 7) is 5.40. The van der Waals surface area contributed by atoms with Gasteiger partial charge in [0.1, 0.15) is 17.3 Å². The summed E-state index contributed by atoms with van der Waals surface area (Å²) in [4.78, 5) is 25.0. The zero-order chi connectivity index (χ0) is 12.8. The molecule has 0 aromatic rings. The molecule has 0 aromatic carbocycles. The van der Waals surface area contributed by atoms with Gasteiger partial charge < -0.3 is 10.5 Å². The van der Waals surface area contributed by atoms with E-state index in [2.05, 4.69) is 0 Å². The molecule has 0 aromatic heterocycles. The number of β-lactam (4-membered cyclic amide) rings is 1. The third-order valence-corrected chi connectivity index (χ3v) is 2.94. The van der Waals surface area contributed by atoms with Crippen molar-refractivity contribution in [1.29, 1.82) is 0 Å². The molecule has 0 saturated carbocycles. The second-order valence-corrected chi connectivity index (χ2v) is 5.47. The maximum absolute atomic E-state index is 11.9. The molecule has 1 amide bonds. The van der Waals surface area contributed by atoms with Crippen molar-refractivity contribution in [3.63, 3.8) is 0 Å². The van der Waals surface area contributed by atoms with E-state index in [0.29, 0.717) is 5.70 Å². The van der Waals surface area contributed by atoms with Gasteiger partial charge in [0.2, 0.25) is 5.91 Å². The Labute approximate surface area is 101 Å². The van der Waals surface area contributed by atoms with Crippen molar-refractivity contribution in [2.75, 3.05) is 0 Å². The van der Waals surface area contributed by atoms with Crippen LogP contribution in [0.5, 0.6) is 0 Å². The van der Waals surface area contributed by atoms with E-state index in [0.717, 1.165) is 12.8 Å². The van der Waals surface area contributed by atoms with Gasteiger partial charge in [0.15, 0.2) is 0 Å². The molecule has 2 N–H and O–H groups in total. The topological polar surface area (TPSA) is 72.6 Å². The first-order chi connectivity index (χ1) is 7.81. The van der Waals surface area contributed by atoms with Crippen LogP contribution in [0.25, 0.3) is 0 Å². The number of esters is 1. The molecular formula is C12H18N2O3. The number of carbonyl (C=O) groups is 2. The zero-order valence-electron chi connectivity index (χ0n) is 10.4. The van der Waals surface area contributed by atoms with Crippen LogP contribution in [-0.2, 0) is 14.3 Å². The Bertz CT molecular complexity index is 395. The Balaban J connectivity index is 2.14. The first-order valence-corrected chi connectivity index (χ1v) is 5.83. The SMILES string of the molecule is CC(C)(C)OC(=O)C1=CCC[C@H]2[C@H](N)C(=O)N12. The van der Waals surface area contributed by atoms with Gasteiger partial charge in [-0.3, -0.25) is 9.69 Å². The second-order valence-electron chi connectivity index (χ2n) is 5.47. The molecule has 0 aliphatic carbocycles. The van der Waals surface area contributed by atoms with E-state index in [9.17, 15) is 9.59 Å². The Hall–Kier alpha value is -1.36. The molecule has 0 spiro atoms. The minimum Gasteiger partial charge on any atom is -0.455 e. The third-order valence-electron chi connectivity index (χ3n) is 2.94. The Kier molecular flexibility index (Phi) is 2.73. The highest BCUT2D eigenvalue weighted by Crippen LogP contribution is 2.33. The predicted molar refractivity (Wildman–Crippen MR) is 61.8 cm³/mol.